The highest BCUT2D eigenvalue weighted by Gasteiger charge is 2.12. The van der Waals surface area contributed by atoms with E-state index in [-0.39, 0.29) is 6.10 Å². The van der Waals surface area contributed by atoms with E-state index in [4.69, 9.17) is 10.5 Å². The number of rotatable bonds is 5. The second-order valence-corrected chi connectivity index (χ2v) is 5.39. The topological polar surface area (TPSA) is 35.2 Å². The Hall–Kier alpha value is -0.970. The van der Waals surface area contributed by atoms with Crippen LogP contribution in [0.5, 0.6) is 5.75 Å². The summed E-state index contributed by atoms with van der Waals surface area (Å²) < 4.78 is 5.88. The average molecular weight is 265 g/mol. The molecule has 1 heterocycles. The van der Waals surface area contributed by atoms with E-state index in [1.807, 2.05) is 23.6 Å². The Bertz CT molecular complexity index is 439. The number of thioether (sulfide) groups is 1. The number of hydrogen-bond acceptors (Lipinski definition) is 4. The van der Waals surface area contributed by atoms with Crippen molar-refractivity contribution in [1.29, 1.82) is 0 Å². The molecule has 0 amide bonds. The summed E-state index contributed by atoms with van der Waals surface area (Å²) in [4.78, 5) is 2.40. The van der Waals surface area contributed by atoms with E-state index in [0.717, 1.165) is 5.75 Å². The second kappa shape index (κ2) is 6.10. The first-order chi connectivity index (χ1) is 8.33. The predicted octanol–water partition coefficient (Wildman–Crippen LogP) is 3.55. The van der Waals surface area contributed by atoms with Gasteiger partial charge in [0, 0.05) is 16.3 Å². The molecule has 90 valence electrons. The number of ether oxygens (including phenoxy) is 1. The molecule has 0 radical (unpaired) electrons. The zero-order valence-corrected chi connectivity index (χ0v) is 11.3. The van der Waals surface area contributed by atoms with Gasteiger partial charge in [-0.05, 0) is 42.0 Å². The van der Waals surface area contributed by atoms with Gasteiger partial charge in [0.25, 0.3) is 0 Å². The normalized spacial score (nSPS) is 12.4. The molecule has 0 aliphatic rings. The number of benzene rings is 1. The Morgan fingerprint density at radius 1 is 1.29 bits per heavy atom. The van der Waals surface area contributed by atoms with E-state index in [9.17, 15) is 0 Å². The molecular formula is C13H15NOS2. The molecule has 1 unspecified atom stereocenters. The van der Waals surface area contributed by atoms with Crippen LogP contribution in [0.4, 0.5) is 0 Å². The fraction of sp³-hybridized carbons (Fsp3) is 0.231. The fourth-order valence-electron chi connectivity index (χ4n) is 1.52. The van der Waals surface area contributed by atoms with E-state index in [1.165, 1.54) is 9.77 Å². The lowest BCUT2D eigenvalue weighted by Crippen LogP contribution is -2.17. The van der Waals surface area contributed by atoms with Gasteiger partial charge in [-0.2, -0.15) is 0 Å². The van der Waals surface area contributed by atoms with E-state index < -0.39 is 0 Å². The molecule has 0 aliphatic carbocycles. The van der Waals surface area contributed by atoms with Gasteiger partial charge in [-0.25, -0.2) is 0 Å². The van der Waals surface area contributed by atoms with Gasteiger partial charge in [0.1, 0.15) is 11.9 Å². The maximum atomic E-state index is 5.88. The van der Waals surface area contributed by atoms with Crippen LogP contribution < -0.4 is 10.5 Å². The summed E-state index contributed by atoms with van der Waals surface area (Å²) in [6, 6.07) is 12.2. The summed E-state index contributed by atoms with van der Waals surface area (Å²) >= 11 is 3.40. The lowest BCUT2D eigenvalue weighted by Gasteiger charge is -2.16. The van der Waals surface area contributed by atoms with Crippen molar-refractivity contribution in [2.75, 3.05) is 12.8 Å². The monoisotopic (exact) mass is 265 g/mol. The van der Waals surface area contributed by atoms with Gasteiger partial charge in [-0.15, -0.1) is 23.1 Å². The molecule has 1 aromatic heterocycles. The highest BCUT2D eigenvalue weighted by Crippen LogP contribution is 2.26. The van der Waals surface area contributed by atoms with Crippen LogP contribution in [0.25, 0.3) is 0 Å². The van der Waals surface area contributed by atoms with Crippen molar-refractivity contribution in [2.24, 2.45) is 5.73 Å². The van der Waals surface area contributed by atoms with Crippen LogP contribution in [0.2, 0.25) is 0 Å². The summed E-state index contributed by atoms with van der Waals surface area (Å²) in [5.41, 5.74) is 5.75. The van der Waals surface area contributed by atoms with Crippen molar-refractivity contribution < 1.29 is 4.74 Å². The molecule has 0 fully saturated rings. The summed E-state index contributed by atoms with van der Waals surface area (Å²) in [5, 5.41) is 2.04. The number of thiophene rings is 1. The first kappa shape index (κ1) is 12.5. The number of hydrogen-bond donors (Lipinski definition) is 1. The van der Waals surface area contributed by atoms with Gasteiger partial charge >= 0.3 is 0 Å². The molecule has 0 saturated heterocycles. The van der Waals surface area contributed by atoms with Gasteiger partial charge in [0.2, 0.25) is 0 Å². The highest BCUT2D eigenvalue weighted by molar-refractivity contribution is 7.98. The van der Waals surface area contributed by atoms with Crippen molar-refractivity contribution >= 4 is 23.1 Å². The lowest BCUT2D eigenvalue weighted by molar-refractivity contribution is 0.218. The van der Waals surface area contributed by atoms with Crippen molar-refractivity contribution in [1.82, 2.24) is 0 Å². The summed E-state index contributed by atoms with van der Waals surface area (Å²) in [5.74, 6) is 0.867. The van der Waals surface area contributed by atoms with Crippen molar-refractivity contribution in [2.45, 2.75) is 11.0 Å². The van der Waals surface area contributed by atoms with Crippen LogP contribution in [0, 0.1) is 0 Å². The molecule has 0 saturated carbocycles. The van der Waals surface area contributed by atoms with Gasteiger partial charge in [0.05, 0.1) is 0 Å². The molecule has 2 nitrogen and oxygen atoms in total. The molecule has 1 aromatic carbocycles. The van der Waals surface area contributed by atoms with E-state index in [1.54, 1.807) is 23.1 Å². The molecule has 1 atom stereocenters. The minimum Gasteiger partial charge on any atom is -0.484 e. The maximum absolute atomic E-state index is 5.88. The van der Waals surface area contributed by atoms with Crippen molar-refractivity contribution in [3.63, 3.8) is 0 Å². The van der Waals surface area contributed by atoms with Crippen molar-refractivity contribution in [3.05, 3.63) is 46.7 Å². The van der Waals surface area contributed by atoms with Gasteiger partial charge in [-0.3, -0.25) is 0 Å². The predicted molar refractivity (Wildman–Crippen MR) is 75.0 cm³/mol. The molecule has 4 heteroatoms. The molecule has 17 heavy (non-hydrogen) atoms. The van der Waals surface area contributed by atoms with Gasteiger partial charge in [-0.1, -0.05) is 6.07 Å². The molecule has 2 rings (SSSR count). The van der Waals surface area contributed by atoms with Crippen LogP contribution in [-0.2, 0) is 0 Å². The highest BCUT2D eigenvalue weighted by atomic mass is 32.2. The first-order valence-corrected chi connectivity index (χ1v) is 7.48. The summed E-state index contributed by atoms with van der Waals surface area (Å²) in [7, 11) is 0. The third-order valence-electron chi connectivity index (χ3n) is 2.41. The second-order valence-electron chi connectivity index (χ2n) is 3.53. The minimum atomic E-state index is -0.0462. The molecule has 2 N–H and O–H groups in total. The van der Waals surface area contributed by atoms with E-state index in [0.29, 0.717) is 6.54 Å². The standard InChI is InChI=1S/C13H15NOS2/c1-16-11-6-4-10(5-7-11)15-12(9-14)13-3-2-8-17-13/h2-8,12H,9,14H2,1H3. The average Bonchev–Trinajstić information content (AvgIpc) is 2.90. The first-order valence-electron chi connectivity index (χ1n) is 5.37. The van der Waals surface area contributed by atoms with E-state index >= 15 is 0 Å². The third-order valence-corrected chi connectivity index (χ3v) is 4.12. The largest absolute Gasteiger partial charge is 0.484 e. The summed E-state index contributed by atoms with van der Waals surface area (Å²) in [6.07, 6.45) is 2.01. The zero-order valence-electron chi connectivity index (χ0n) is 9.63. The molecule has 0 bridgehead atoms. The van der Waals surface area contributed by atoms with Crippen molar-refractivity contribution in [3.8, 4) is 5.75 Å². The summed E-state index contributed by atoms with van der Waals surface area (Å²) in [6.45, 7) is 0.491. The Kier molecular flexibility index (Phi) is 4.48. The minimum absolute atomic E-state index is 0.0462. The van der Waals surface area contributed by atoms with Crippen LogP contribution in [0.3, 0.4) is 0 Å². The van der Waals surface area contributed by atoms with Crippen LogP contribution in [-0.4, -0.2) is 12.8 Å². The van der Waals surface area contributed by atoms with E-state index in [2.05, 4.69) is 24.5 Å². The van der Waals surface area contributed by atoms with Crippen LogP contribution in [0.15, 0.2) is 46.7 Å². The molecule has 2 aromatic rings. The lowest BCUT2D eigenvalue weighted by atomic mass is 10.3. The third kappa shape index (κ3) is 3.25. The van der Waals surface area contributed by atoms with Gasteiger partial charge in [0.15, 0.2) is 0 Å². The SMILES string of the molecule is CSc1ccc(OC(CN)c2cccs2)cc1. The fourth-order valence-corrected chi connectivity index (χ4v) is 2.69. The Balaban J connectivity index is 2.07. The Morgan fingerprint density at radius 2 is 2.06 bits per heavy atom. The van der Waals surface area contributed by atoms with Crippen LogP contribution in [0.1, 0.15) is 11.0 Å². The smallest absolute Gasteiger partial charge is 0.145 e. The molecular weight excluding hydrogens is 250 g/mol. The van der Waals surface area contributed by atoms with Gasteiger partial charge < -0.3 is 10.5 Å². The number of nitrogens with two attached hydrogens (primary N) is 1. The Labute approximate surface area is 110 Å². The quantitative estimate of drug-likeness (QED) is 0.840. The zero-order chi connectivity index (χ0) is 12.1. The maximum Gasteiger partial charge on any atom is 0.145 e. The molecule has 0 spiro atoms. The van der Waals surface area contributed by atoms with Crippen LogP contribution >= 0.6 is 23.1 Å². The molecule has 0 aliphatic heterocycles. The Morgan fingerprint density at radius 3 is 2.59 bits per heavy atom.